The molecule has 1 aliphatic rings. The molecule has 0 saturated carbocycles. The van der Waals surface area contributed by atoms with E-state index in [4.69, 9.17) is 0 Å². The molecule has 1 aliphatic carbocycles. The zero-order valence-electron chi connectivity index (χ0n) is 18.4. The standard InChI is InChI=1S/C25H26FN3O2S/c1-15-8-13-19-21(14-15)32-25(28-23(30)18-6-4-5-7-20(18)26)22(19)24(31)27-16-9-11-17(12-10-16)29(2)3/h4-7,9-12,15H,8,13-14H2,1-3H3,(H,27,31)(H,28,30). The van der Waals surface area contributed by atoms with E-state index in [9.17, 15) is 14.0 Å². The van der Waals surface area contributed by atoms with Crippen molar-refractivity contribution in [2.75, 3.05) is 29.6 Å². The third-order valence-electron chi connectivity index (χ3n) is 5.73. The van der Waals surface area contributed by atoms with Crippen molar-refractivity contribution in [2.45, 2.75) is 26.2 Å². The van der Waals surface area contributed by atoms with Gasteiger partial charge in [-0.25, -0.2) is 4.39 Å². The van der Waals surface area contributed by atoms with Gasteiger partial charge in [0.25, 0.3) is 11.8 Å². The summed E-state index contributed by atoms with van der Waals surface area (Å²) in [5.41, 5.74) is 3.13. The number of carbonyl (C=O) groups excluding carboxylic acids is 2. The Morgan fingerprint density at radius 1 is 1.03 bits per heavy atom. The van der Waals surface area contributed by atoms with Crippen molar-refractivity contribution >= 4 is 39.5 Å². The molecule has 2 aromatic carbocycles. The second-order valence-corrected chi connectivity index (χ2v) is 9.49. The van der Waals surface area contributed by atoms with Crippen LogP contribution in [0.1, 0.15) is 44.5 Å². The zero-order valence-corrected chi connectivity index (χ0v) is 19.2. The normalized spacial score (nSPS) is 15.1. The minimum atomic E-state index is -0.591. The molecule has 7 heteroatoms. The van der Waals surface area contributed by atoms with Crippen molar-refractivity contribution in [2.24, 2.45) is 5.92 Å². The van der Waals surface area contributed by atoms with Crippen LogP contribution in [0.2, 0.25) is 0 Å². The Labute approximate surface area is 191 Å². The molecule has 0 aliphatic heterocycles. The van der Waals surface area contributed by atoms with E-state index < -0.39 is 11.7 Å². The zero-order chi connectivity index (χ0) is 22.8. The van der Waals surface area contributed by atoms with Crippen LogP contribution in [0.3, 0.4) is 0 Å². The van der Waals surface area contributed by atoms with Gasteiger partial charge in [-0.2, -0.15) is 0 Å². The van der Waals surface area contributed by atoms with E-state index >= 15 is 0 Å². The summed E-state index contributed by atoms with van der Waals surface area (Å²) in [4.78, 5) is 29.2. The number of nitrogens with one attached hydrogen (secondary N) is 2. The van der Waals surface area contributed by atoms with E-state index in [1.807, 2.05) is 43.3 Å². The highest BCUT2D eigenvalue weighted by Gasteiger charge is 2.29. The van der Waals surface area contributed by atoms with Crippen LogP contribution in [0.5, 0.6) is 0 Å². The van der Waals surface area contributed by atoms with Crippen LogP contribution in [0.25, 0.3) is 0 Å². The van der Waals surface area contributed by atoms with Crippen LogP contribution in [0.4, 0.5) is 20.8 Å². The minimum Gasteiger partial charge on any atom is -0.378 e. The molecular formula is C25H26FN3O2S. The summed E-state index contributed by atoms with van der Waals surface area (Å²) in [6.07, 6.45) is 2.64. The number of anilines is 3. The third-order valence-corrected chi connectivity index (χ3v) is 6.90. The van der Waals surface area contributed by atoms with E-state index in [1.54, 1.807) is 6.07 Å². The first-order valence-electron chi connectivity index (χ1n) is 10.6. The Hall–Kier alpha value is -3.19. The molecular weight excluding hydrogens is 425 g/mol. The third kappa shape index (κ3) is 4.53. The average Bonchev–Trinajstić information content (AvgIpc) is 3.11. The van der Waals surface area contributed by atoms with Crippen LogP contribution in [-0.2, 0) is 12.8 Å². The number of benzene rings is 2. The molecule has 166 valence electrons. The fourth-order valence-corrected chi connectivity index (χ4v) is 5.33. The van der Waals surface area contributed by atoms with Gasteiger partial charge in [0.05, 0.1) is 11.1 Å². The molecule has 0 spiro atoms. The molecule has 1 heterocycles. The molecule has 32 heavy (non-hydrogen) atoms. The van der Waals surface area contributed by atoms with E-state index in [0.29, 0.717) is 22.2 Å². The predicted molar refractivity (Wildman–Crippen MR) is 129 cm³/mol. The quantitative estimate of drug-likeness (QED) is 0.532. The number of fused-ring (bicyclic) bond motifs is 1. The number of rotatable bonds is 5. The van der Waals surface area contributed by atoms with Crippen molar-refractivity contribution in [1.82, 2.24) is 0 Å². The highest BCUT2D eigenvalue weighted by molar-refractivity contribution is 7.17. The fourth-order valence-electron chi connectivity index (χ4n) is 3.93. The van der Waals surface area contributed by atoms with Gasteiger partial charge in [0.2, 0.25) is 0 Å². The van der Waals surface area contributed by atoms with Gasteiger partial charge in [-0.1, -0.05) is 19.1 Å². The van der Waals surface area contributed by atoms with Crippen molar-refractivity contribution in [3.63, 3.8) is 0 Å². The molecule has 4 rings (SSSR count). The second-order valence-electron chi connectivity index (χ2n) is 8.39. The smallest absolute Gasteiger partial charge is 0.259 e. The van der Waals surface area contributed by atoms with Crippen LogP contribution in [-0.4, -0.2) is 25.9 Å². The van der Waals surface area contributed by atoms with Crippen LogP contribution < -0.4 is 15.5 Å². The lowest BCUT2D eigenvalue weighted by Gasteiger charge is -2.19. The summed E-state index contributed by atoms with van der Waals surface area (Å²) < 4.78 is 14.1. The molecule has 1 unspecified atom stereocenters. The van der Waals surface area contributed by atoms with Crippen molar-refractivity contribution in [3.8, 4) is 0 Å². The van der Waals surface area contributed by atoms with E-state index in [1.165, 1.54) is 29.5 Å². The van der Waals surface area contributed by atoms with Crippen LogP contribution >= 0.6 is 11.3 Å². The molecule has 5 nitrogen and oxygen atoms in total. The second kappa shape index (κ2) is 9.12. The molecule has 2 N–H and O–H groups in total. The molecule has 1 atom stereocenters. The van der Waals surface area contributed by atoms with Gasteiger partial charge in [0.15, 0.2) is 0 Å². The first-order valence-corrected chi connectivity index (χ1v) is 11.4. The Morgan fingerprint density at radius 2 is 1.75 bits per heavy atom. The van der Waals surface area contributed by atoms with E-state index in [0.717, 1.165) is 35.4 Å². The van der Waals surface area contributed by atoms with Crippen molar-refractivity contribution < 1.29 is 14.0 Å². The SMILES string of the molecule is CC1CCc2c(sc(NC(=O)c3ccccc3F)c2C(=O)Nc2ccc(N(C)C)cc2)C1. The Balaban J connectivity index is 1.64. The molecule has 2 amide bonds. The number of thiophene rings is 1. The summed E-state index contributed by atoms with van der Waals surface area (Å²) in [6, 6.07) is 13.4. The minimum absolute atomic E-state index is 0.0436. The number of nitrogens with zero attached hydrogens (tertiary/aromatic N) is 1. The lowest BCUT2D eigenvalue weighted by Crippen LogP contribution is -2.20. The van der Waals surface area contributed by atoms with E-state index in [-0.39, 0.29) is 11.5 Å². The van der Waals surface area contributed by atoms with Crippen molar-refractivity contribution in [3.05, 3.63) is 75.9 Å². The lowest BCUT2D eigenvalue weighted by atomic mass is 9.88. The van der Waals surface area contributed by atoms with Gasteiger partial charge in [-0.15, -0.1) is 11.3 Å². The first kappa shape index (κ1) is 22.0. The average molecular weight is 452 g/mol. The van der Waals surface area contributed by atoms with Crippen molar-refractivity contribution in [1.29, 1.82) is 0 Å². The summed E-state index contributed by atoms with van der Waals surface area (Å²) in [6.45, 7) is 2.19. The van der Waals surface area contributed by atoms with Gasteiger partial charge in [-0.3, -0.25) is 9.59 Å². The largest absolute Gasteiger partial charge is 0.378 e. The van der Waals surface area contributed by atoms with Gasteiger partial charge >= 0.3 is 0 Å². The topological polar surface area (TPSA) is 61.4 Å². The highest BCUT2D eigenvalue weighted by Crippen LogP contribution is 2.40. The maximum absolute atomic E-state index is 14.1. The monoisotopic (exact) mass is 451 g/mol. The Morgan fingerprint density at radius 3 is 2.44 bits per heavy atom. The first-order chi connectivity index (χ1) is 15.3. The molecule has 0 fully saturated rings. The summed E-state index contributed by atoms with van der Waals surface area (Å²) in [5.74, 6) is -0.893. The Kier molecular flexibility index (Phi) is 6.28. The molecule has 0 saturated heterocycles. The summed E-state index contributed by atoms with van der Waals surface area (Å²) in [7, 11) is 3.91. The van der Waals surface area contributed by atoms with Crippen LogP contribution in [0.15, 0.2) is 48.5 Å². The van der Waals surface area contributed by atoms with Gasteiger partial charge in [0, 0.05) is 30.3 Å². The van der Waals surface area contributed by atoms with Gasteiger partial charge in [-0.05, 0) is 67.1 Å². The molecule has 0 radical (unpaired) electrons. The highest BCUT2D eigenvalue weighted by atomic mass is 32.1. The molecule has 1 aromatic heterocycles. The number of carbonyl (C=O) groups is 2. The fraction of sp³-hybridized carbons (Fsp3) is 0.280. The number of halogens is 1. The maximum Gasteiger partial charge on any atom is 0.259 e. The lowest BCUT2D eigenvalue weighted by molar-refractivity contribution is 0.102. The summed E-state index contributed by atoms with van der Waals surface area (Å²) in [5, 5.41) is 6.23. The molecule has 0 bridgehead atoms. The number of hydrogen-bond donors (Lipinski definition) is 2. The van der Waals surface area contributed by atoms with E-state index in [2.05, 4.69) is 17.6 Å². The van der Waals surface area contributed by atoms with Gasteiger partial charge < -0.3 is 15.5 Å². The maximum atomic E-state index is 14.1. The summed E-state index contributed by atoms with van der Waals surface area (Å²) >= 11 is 1.42. The van der Waals surface area contributed by atoms with Gasteiger partial charge in [0.1, 0.15) is 10.8 Å². The van der Waals surface area contributed by atoms with Crippen LogP contribution in [0, 0.1) is 11.7 Å². The predicted octanol–water partition coefficient (Wildman–Crippen LogP) is 5.58. The Bertz CT molecular complexity index is 1150. The number of hydrogen-bond acceptors (Lipinski definition) is 4. The number of amides is 2. The molecule has 3 aromatic rings.